The van der Waals surface area contributed by atoms with Crippen molar-refractivity contribution in [1.29, 1.82) is 0 Å². The number of carboxylic acids is 1. The fourth-order valence-electron chi connectivity index (χ4n) is 3.05. The van der Waals surface area contributed by atoms with Crippen molar-refractivity contribution in [2.24, 2.45) is 0 Å². The molecule has 3 rings (SSSR count). The summed E-state index contributed by atoms with van der Waals surface area (Å²) in [5.41, 5.74) is 0.737. The van der Waals surface area contributed by atoms with Gasteiger partial charge in [0, 0.05) is 11.5 Å². The Labute approximate surface area is 116 Å². The van der Waals surface area contributed by atoms with Crippen LogP contribution in [0.15, 0.2) is 12.1 Å². The molecule has 0 radical (unpaired) electrons. The number of carbonyl (C=O) groups is 1. The molecule has 0 atom stereocenters. The maximum absolute atomic E-state index is 13.7. The van der Waals surface area contributed by atoms with Crippen molar-refractivity contribution in [2.75, 3.05) is 0 Å². The van der Waals surface area contributed by atoms with Crippen molar-refractivity contribution in [3.63, 3.8) is 0 Å². The Morgan fingerprint density at radius 2 is 2.05 bits per heavy atom. The summed E-state index contributed by atoms with van der Waals surface area (Å²) >= 11 is 0. The van der Waals surface area contributed by atoms with Crippen LogP contribution in [0.25, 0.3) is 11.0 Å². The number of carboxylic acid groups (broad SMARTS) is 1. The van der Waals surface area contributed by atoms with Crippen LogP contribution in [-0.2, 0) is 5.41 Å². The summed E-state index contributed by atoms with van der Waals surface area (Å²) in [6, 6.07) is 2.53. The van der Waals surface area contributed by atoms with Gasteiger partial charge in [0.05, 0.1) is 16.6 Å². The summed E-state index contributed by atoms with van der Waals surface area (Å²) < 4.78 is 13.7. The van der Waals surface area contributed by atoms with Crippen molar-refractivity contribution in [3.8, 4) is 0 Å². The minimum Gasteiger partial charge on any atom is -0.478 e. The van der Waals surface area contributed by atoms with E-state index in [4.69, 9.17) is 5.11 Å². The smallest absolute Gasteiger partial charge is 0.338 e. The molecule has 5 heteroatoms. The number of hydrogen-bond acceptors (Lipinski definition) is 2. The Hall–Kier alpha value is -1.91. The third-order valence-corrected chi connectivity index (χ3v) is 4.33. The first-order chi connectivity index (χ1) is 9.49. The average Bonchev–Trinajstić information content (AvgIpc) is 2.82. The van der Waals surface area contributed by atoms with Crippen LogP contribution in [0.1, 0.15) is 55.2 Å². The summed E-state index contributed by atoms with van der Waals surface area (Å²) in [5, 5.41) is 8.95. The van der Waals surface area contributed by atoms with E-state index >= 15 is 0 Å². The first-order valence-electron chi connectivity index (χ1n) is 6.93. The number of aromatic carboxylic acids is 1. The van der Waals surface area contributed by atoms with Crippen LogP contribution >= 0.6 is 0 Å². The molecule has 1 saturated carbocycles. The highest BCUT2D eigenvalue weighted by molar-refractivity contribution is 5.92. The van der Waals surface area contributed by atoms with Crippen molar-refractivity contribution in [1.82, 2.24) is 9.97 Å². The number of imidazole rings is 1. The predicted molar refractivity (Wildman–Crippen MR) is 73.4 cm³/mol. The van der Waals surface area contributed by atoms with Gasteiger partial charge in [-0.2, -0.15) is 0 Å². The van der Waals surface area contributed by atoms with Crippen molar-refractivity contribution in [3.05, 3.63) is 29.3 Å². The molecule has 0 bridgehead atoms. The van der Waals surface area contributed by atoms with Gasteiger partial charge in [-0.3, -0.25) is 0 Å². The Balaban J connectivity index is 2.08. The van der Waals surface area contributed by atoms with E-state index in [1.165, 1.54) is 31.4 Å². The standard InChI is InChI=1S/C15H17FN2O2/c1-15(5-3-2-4-6-15)14-17-11-7-9(13(19)20)10(16)8-12(11)18-14/h7-8H,2-6H2,1H3,(H,17,18)(H,19,20). The molecule has 4 nitrogen and oxygen atoms in total. The molecule has 2 aromatic rings. The van der Waals surface area contributed by atoms with E-state index in [-0.39, 0.29) is 11.0 Å². The molecule has 0 unspecified atom stereocenters. The topological polar surface area (TPSA) is 66.0 Å². The molecule has 2 N–H and O–H groups in total. The second-order valence-electron chi connectivity index (χ2n) is 5.86. The van der Waals surface area contributed by atoms with E-state index in [0.29, 0.717) is 11.0 Å². The molecule has 0 spiro atoms. The number of hydrogen-bond donors (Lipinski definition) is 2. The lowest BCUT2D eigenvalue weighted by Crippen LogP contribution is -2.26. The largest absolute Gasteiger partial charge is 0.478 e. The fraction of sp³-hybridized carbons (Fsp3) is 0.467. The van der Waals surface area contributed by atoms with Crippen LogP contribution in [0, 0.1) is 5.82 Å². The zero-order valence-corrected chi connectivity index (χ0v) is 11.4. The zero-order chi connectivity index (χ0) is 14.3. The van der Waals surface area contributed by atoms with Gasteiger partial charge in [-0.05, 0) is 18.9 Å². The van der Waals surface area contributed by atoms with Crippen LogP contribution in [0.3, 0.4) is 0 Å². The molecule has 1 heterocycles. The summed E-state index contributed by atoms with van der Waals surface area (Å²) in [4.78, 5) is 18.6. The molecule has 106 valence electrons. The molecular formula is C15H17FN2O2. The van der Waals surface area contributed by atoms with Crippen LogP contribution < -0.4 is 0 Å². The molecule has 20 heavy (non-hydrogen) atoms. The number of halogens is 1. The number of H-pyrrole nitrogens is 1. The first kappa shape index (κ1) is 13.1. The highest BCUT2D eigenvalue weighted by atomic mass is 19.1. The van der Waals surface area contributed by atoms with Crippen molar-refractivity contribution >= 4 is 17.0 Å². The fourth-order valence-corrected chi connectivity index (χ4v) is 3.05. The molecule has 1 aliphatic rings. The maximum Gasteiger partial charge on any atom is 0.338 e. The number of rotatable bonds is 2. The van der Waals surface area contributed by atoms with E-state index in [1.54, 1.807) is 0 Å². The number of fused-ring (bicyclic) bond motifs is 1. The SMILES string of the molecule is CC1(c2nc3cc(C(=O)O)c(F)cc3[nH]2)CCCCC1. The second-order valence-corrected chi connectivity index (χ2v) is 5.86. The highest BCUT2D eigenvalue weighted by Gasteiger charge is 2.32. The van der Waals surface area contributed by atoms with Gasteiger partial charge in [-0.15, -0.1) is 0 Å². The van der Waals surface area contributed by atoms with Crippen LogP contribution in [0.5, 0.6) is 0 Å². The molecule has 1 aromatic carbocycles. The molecule has 0 saturated heterocycles. The van der Waals surface area contributed by atoms with Crippen molar-refractivity contribution < 1.29 is 14.3 Å². The summed E-state index contributed by atoms with van der Waals surface area (Å²) in [5.74, 6) is -1.15. The Bertz CT molecular complexity index is 672. The normalized spacial score (nSPS) is 18.3. The van der Waals surface area contributed by atoms with Gasteiger partial charge in [0.2, 0.25) is 0 Å². The minimum absolute atomic E-state index is 0.0167. The van der Waals surface area contributed by atoms with Crippen LogP contribution in [-0.4, -0.2) is 21.0 Å². The van der Waals surface area contributed by atoms with Crippen LogP contribution in [0.4, 0.5) is 4.39 Å². The van der Waals surface area contributed by atoms with Gasteiger partial charge < -0.3 is 10.1 Å². The van der Waals surface area contributed by atoms with E-state index in [9.17, 15) is 9.18 Å². The number of aromatic nitrogens is 2. The molecule has 0 amide bonds. The molecular weight excluding hydrogens is 259 g/mol. The van der Waals surface area contributed by atoms with E-state index in [1.807, 2.05) is 0 Å². The monoisotopic (exact) mass is 276 g/mol. The lowest BCUT2D eigenvalue weighted by Gasteiger charge is -2.31. The summed E-state index contributed by atoms with van der Waals surface area (Å²) in [6.07, 6.45) is 5.69. The number of nitrogens with one attached hydrogen (secondary N) is 1. The number of nitrogens with zero attached hydrogens (tertiary/aromatic N) is 1. The van der Waals surface area contributed by atoms with Crippen molar-refractivity contribution in [2.45, 2.75) is 44.4 Å². The van der Waals surface area contributed by atoms with E-state index in [0.717, 1.165) is 18.7 Å². The molecule has 1 aliphatic carbocycles. The third kappa shape index (κ3) is 2.07. The average molecular weight is 276 g/mol. The minimum atomic E-state index is -1.27. The zero-order valence-electron chi connectivity index (χ0n) is 11.4. The van der Waals surface area contributed by atoms with Gasteiger partial charge in [0.25, 0.3) is 0 Å². The predicted octanol–water partition coefficient (Wildman–Crippen LogP) is 3.62. The highest BCUT2D eigenvalue weighted by Crippen LogP contribution is 2.38. The number of benzene rings is 1. The molecule has 1 aromatic heterocycles. The van der Waals surface area contributed by atoms with Gasteiger partial charge in [-0.25, -0.2) is 14.2 Å². The Kier molecular flexibility index (Phi) is 3.00. The third-order valence-electron chi connectivity index (χ3n) is 4.33. The molecule has 1 fully saturated rings. The summed E-state index contributed by atoms with van der Waals surface area (Å²) in [7, 11) is 0. The number of aromatic amines is 1. The van der Waals surface area contributed by atoms with Gasteiger partial charge >= 0.3 is 5.97 Å². The Morgan fingerprint density at radius 1 is 1.35 bits per heavy atom. The van der Waals surface area contributed by atoms with Gasteiger partial charge in [0.1, 0.15) is 11.6 Å². The van der Waals surface area contributed by atoms with Crippen LogP contribution in [0.2, 0.25) is 0 Å². The maximum atomic E-state index is 13.7. The first-order valence-corrected chi connectivity index (χ1v) is 6.93. The van der Waals surface area contributed by atoms with Gasteiger partial charge in [-0.1, -0.05) is 26.2 Å². The van der Waals surface area contributed by atoms with E-state index in [2.05, 4.69) is 16.9 Å². The molecule has 0 aliphatic heterocycles. The summed E-state index contributed by atoms with van der Waals surface area (Å²) in [6.45, 7) is 2.17. The Morgan fingerprint density at radius 3 is 2.70 bits per heavy atom. The lowest BCUT2D eigenvalue weighted by atomic mass is 9.75. The van der Waals surface area contributed by atoms with Gasteiger partial charge in [0.15, 0.2) is 0 Å². The quantitative estimate of drug-likeness (QED) is 0.880. The lowest BCUT2D eigenvalue weighted by molar-refractivity contribution is 0.0692. The second kappa shape index (κ2) is 4.58. The van der Waals surface area contributed by atoms with E-state index < -0.39 is 11.8 Å².